The number of carbonyl (C=O) groups is 1. The van der Waals surface area contributed by atoms with E-state index in [1.165, 1.54) is 24.3 Å². The fraction of sp³-hybridized carbons (Fsp3) is 0.0952. The third-order valence-electron chi connectivity index (χ3n) is 4.70. The van der Waals surface area contributed by atoms with Crippen molar-refractivity contribution >= 4 is 44.0 Å². The number of nitrogen functional groups attached to an aromatic ring is 1. The summed E-state index contributed by atoms with van der Waals surface area (Å²) in [6.45, 7) is 3.42. The Morgan fingerprint density at radius 2 is 1.75 bits per heavy atom. The van der Waals surface area contributed by atoms with Gasteiger partial charge in [-0.3, -0.25) is 4.79 Å². The van der Waals surface area contributed by atoms with E-state index in [-0.39, 0.29) is 21.8 Å². The number of anilines is 3. The number of amides is 1. The maximum absolute atomic E-state index is 12.8. The summed E-state index contributed by atoms with van der Waals surface area (Å²) >= 11 is 1.08. The quantitative estimate of drug-likeness (QED) is 0.387. The summed E-state index contributed by atoms with van der Waals surface area (Å²) in [6, 6.07) is 15.0. The average Bonchev–Trinajstić information content (AvgIpc) is 3.32. The van der Waals surface area contributed by atoms with E-state index in [1.807, 2.05) is 30.3 Å². The molecule has 2 aromatic heterocycles. The largest absolute Gasteiger partial charge is 0.375 e. The van der Waals surface area contributed by atoms with Crippen LogP contribution >= 0.6 is 11.3 Å². The summed E-state index contributed by atoms with van der Waals surface area (Å²) in [5, 5.41) is 6.77. The normalized spacial score (nSPS) is 11.3. The molecule has 164 valence electrons. The highest BCUT2D eigenvalue weighted by atomic mass is 32.2. The van der Waals surface area contributed by atoms with E-state index in [1.54, 1.807) is 13.8 Å². The van der Waals surface area contributed by atoms with Crippen molar-refractivity contribution in [3.63, 3.8) is 0 Å². The molecule has 9 nitrogen and oxygen atoms in total. The third kappa shape index (κ3) is 4.34. The molecule has 0 spiro atoms. The zero-order valence-electron chi connectivity index (χ0n) is 17.1. The Kier molecular flexibility index (Phi) is 5.68. The molecule has 0 radical (unpaired) electrons. The lowest BCUT2D eigenvalue weighted by Crippen LogP contribution is -2.14. The molecule has 0 saturated heterocycles. The summed E-state index contributed by atoms with van der Waals surface area (Å²) in [7, 11) is -3.88. The van der Waals surface area contributed by atoms with Crippen molar-refractivity contribution in [1.29, 1.82) is 0 Å². The van der Waals surface area contributed by atoms with Crippen molar-refractivity contribution in [2.45, 2.75) is 18.7 Å². The van der Waals surface area contributed by atoms with Crippen molar-refractivity contribution in [3.05, 3.63) is 70.7 Å². The van der Waals surface area contributed by atoms with Gasteiger partial charge in [0.25, 0.3) is 15.9 Å². The Bertz CT molecular complexity index is 1380. The number of thiazole rings is 1. The van der Waals surface area contributed by atoms with Gasteiger partial charge in [-0.2, -0.15) is 0 Å². The zero-order valence-corrected chi connectivity index (χ0v) is 18.8. The number of aryl methyl sites for hydroxylation is 1. The predicted molar refractivity (Wildman–Crippen MR) is 123 cm³/mol. The van der Waals surface area contributed by atoms with Crippen LogP contribution in [0.4, 0.5) is 16.7 Å². The van der Waals surface area contributed by atoms with E-state index in [9.17, 15) is 13.2 Å². The van der Waals surface area contributed by atoms with Gasteiger partial charge in [-0.05, 0) is 38.1 Å². The Morgan fingerprint density at radius 3 is 2.38 bits per heavy atom. The van der Waals surface area contributed by atoms with E-state index >= 15 is 0 Å². The van der Waals surface area contributed by atoms with Gasteiger partial charge in [0.2, 0.25) is 5.88 Å². The Hall–Kier alpha value is -3.70. The van der Waals surface area contributed by atoms with Crippen molar-refractivity contribution in [3.8, 4) is 11.3 Å². The van der Waals surface area contributed by atoms with Crippen LogP contribution in [0.25, 0.3) is 11.3 Å². The second-order valence-electron chi connectivity index (χ2n) is 6.90. The highest BCUT2D eigenvalue weighted by molar-refractivity contribution is 7.92. The van der Waals surface area contributed by atoms with Gasteiger partial charge in [0, 0.05) is 16.8 Å². The number of aromatic nitrogens is 2. The maximum Gasteiger partial charge on any atom is 0.268 e. The molecule has 0 saturated carbocycles. The van der Waals surface area contributed by atoms with Gasteiger partial charge in [-0.25, -0.2) is 18.1 Å². The van der Waals surface area contributed by atoms with E-state index in [0.29, 0.717) is 27.5 Å². The first-order valence-corrected chi connectivity index (χ1v) is 11.7. The molecule has 4 rings (SSSR count). The molecule has 4 N–H and O–H groups in total. The van der Waals surface area contributed by atoms with Crippen molar-refractivity contribution in [2.75, 3.05) is 15.8 Å². The molecule has 4 aromatic rings. The molecule has 1 amide bonds. The molecular formula is C21H19N5O4S2. The van der Waals surface area contributed by atoms with Crippen LogP contribution in [0.5, 0.6) is 0 Å². The van der Waals surface area contributed by atoms with Crippen LogP contribution in [0.3, 0.4) is 0 Å². The van der Waals surface area contributed by atoms with Crippen LogP contribution in [0, 0.1) is 13.8 Å². The third-order valence-corrected chi connectivity index (χ3v) is 6.93. The lowest BCUT2D eigenvalue weighted by atomic mass is 10.1. The van der Waals surface area contributed by atoms with Crippen molar-refractivity contribution < 1.29 is 17.7 Å². The number of carbonyl (C=O) groups excluding carboxylic acids is 1. The molecule has 0 fully saturated rings. The Balaban J connectivity index is 1.52. The number of hydrogen-bond acceptors (Lipinski definition) is 8. The first-order valence-electron chi connectivity index (χ1n) is 9.43. The summed E-state index contributed by atoms with van der Waals surface area (Å²) in [5.74, 6) is -0.323. The standard InChI is InChI=1S/C21H19N5O4S2/c1-12-13(2)25-30-20(12)26-32(28,29)16-10-8-15(9-11-16)23-19(27)18-17(24-21(22)31-18)14-6-4-3-5-7-14/h3-11,26H,1-2H3,(H2,22,24)(H,23,27). The van der Waals surface area contributed by atoms with E-state index < -0.39 is 10.0 Å². The summed E-state index contributed by atoms with van der Waals surface area (Å²) < 4.78 is 32.6. The smallest absolute Gasteiger partial charge is 0.268 e. The van der Waals surface area contributed by atoms with Crippen molar-refractivity contribution in [2.24, 2.45) is 0 Å². The summed E-state index contributed by atoms with van der Waals surface area (Å²) in [4.78, 5) is 17.5. The minimum atomic E-state index is -3.88. The molecule has 32 heavy (non-hydrogen) atoms. The Labute approximate surface area is 188 Å². The lowest BCUT2D eigenvalue weighted by molar-refractivity contribution is 0.103. The molecule has 2 aromatic carbocycles. The van der Waals surface area contributed by atoms with E-state index in [2.05, 4.69) is 20.2 Å². The summed E-state index contributed by atoms with van der Waals surface area (Å²) in [6.07, 6.45) is 0. The molecule has 2 heterocycles. The zero-order chi connectivity index (χ0) is 22.9. The minimum Gasteiger partial charge on any atom is -0.375 e. The first kappa shape index (κ1) is 21.5. The van der Waals surface area contributed by atoms with Crippen LogP contribution in [-0.2, 0) is 10.0 Å². The number of nitrogens with one attached hydrogen (secondary N) is 2. The fourth-order valence-corrected chi connectivity index (χ4v) is 4.68. The average molecular weight is 470 g/mol. The van der Waals surface area contributed by atoms with Gasteiger partial charge in [0.15, 0.2) is 5.13 Å². The van der Waals surface area contributed by atoms with Crippen molar-refractivity contribution in [1.82, 2.24) is 10.1 Å². The molecule has 0 atom stereocenters. The molecule has 0 aliphatic rings. The Morgan fingerprint density at radius 1 is 1.06 bits per heavy atom. The predicted octanol–water partition coefficient (Wildman–Crippen LogP) is 4.05. The van der Waals surface area contributed by atoms with Crippen LogP contribution in [0.2, 0.25) is 0 Å². The first-order chi connectivity index (χ1) is 15.2. The molecule has 0 aliphatic carbocycles. The van der Waals surface area contributed by atoms with Gasteiger partial charge in [-0.1, -0.05) is 46.8 Å². The number of sulfonamides is 1. The van der Waals surface area contributed by atoms with Crippen LogP contribution in [0.1, 0.15) is 20.9 Å². The SMILES string of the molecule is Cc1noc(NS(=O)(=O)c2ccc(NC(=O)c3sc(N)nc3-c3ccccc3)cc2)c1C. The van der Waals surface area contributed by atoms with Crippen LogP contribution < -0.4 is 15.8 Å². The van der Waals surface area contributed by atoms with Crippen LogP contribution in [0.15, 0.2) is 64.0 Å². The molecule has 0 unspecified atom stereocenters. The maximum atomic E-state index is 12.8. The molecule has 0 bridgehead atoms. The highest BCUT2D eigenvalue weighted by Gasteiger charge is 2.21. The van der Waals surface area contributed by atoms with Gasteiger partial charge in [-0.15, -0.1) is 0 Å². The summed E-state index contributed by atoms with van der Waals surface area (Å²) in [5.41, 5.74) is 8.73. The van der Waals surface area contributed by atoms with Crippen LogP contribution in [-0.4, -0.2) is 24.5 Å². The lowest BCUT2D eigenvalue weighted by Gasteiger charge is -2.08. The second kappa shape index (κ2) is 8.44. The second-order valence-corrected chi connectivity index (χ2v) is 9.62. The number of hydrogen-bond donors (Lipinski definition) is 3. The minimum absolute atomic E-state index is 0.0101. The number of rotatable bonds is 6. The fourth-order valence-electron chi connectivity index (χ4n) is 2.88. The van der Waals surface area contributed by atoms with Gasteiger partial charge < -0.3 is 15.6 Å². The number of nitrogens with two attached hydrogens (primary N) is 1. The van der Waals surface area contributed by atoms with Gasteiger partial charge >= 0.3 is 0 Å². The number of nitrogens with zero attached hydrogens (tertiary/aromatic N) is 2. The molecule has 11 heteroatoms. The monoisotopic (exact) mass is 469 g/mol. The van der Waals surface area contributed by atoms with Gasteiger partial charge in [0.1, 0.15) is 4.88 Å². The number of benzene rings is 2. The van der Waals surface area contributed by atoms with Gasteiger partial charge in [0.05, 0.1) is 16.3 Å². The topological polar surface area (TPSA) is 140 Å². The molecular weight excluding hydrogens is 450 g/mol. The molecule has 0 aliphatic heterocycles. The van der Waals surface area contributed by atoms with E-state index in [0.717, 1.165) is 16.9 Å². The highest BCUT2D eigenvalue weighted by Crippen LogP contribution is 2.30. The van der Waals surface area contributed by atoms with E-state index in [4.69, 9.17) is 10.3 Å².